The fourth-order valence-electron chi connectivity index (χ4n) is 20.0. The van der Waals surface area contributed by atoms with Crippen molar-refractivity contribution < 1.29 is 9.47 Å². The summed E-state index contributed by atoms with van der Waals surface area (Å²) in [7, 11) is 0. The van der Waals surface area contributed by atoms with Gasteiger partial charge in [0.05, 0.1) is 16.8 Å². The molecule has 0 aromatic heterocycles. The van der Waals surface area contributed by atoms with E-state index < -0.39 is 5.41 Å². The molecule has 4 aliphatic heterocycles. The molecule has 0 radical (unpaired) electrons. The first kappa shape index (κ1) is 78.8. The van der Waals surface area contributed by atoms with Gasteiger partial charge in [-0.1, -0.05) is 368 Å². The Labute approximate surface area is 743 Å². The first-order valence-electron chi connectivity index (χ1n) is 44.4. The molecule has 21 rings (SSSR count). The van der Waals surface area contributed by atoms with Crippen LogP contribution in [0.2, 0.25) is 0 Å². The molecule has 0 aliphatic carbocycles. The second-order valence-electron chi connectivity index (χ2n) is 38.4. The fourth-order valence-corrected chi connectivity index (χ4v) is 20.0. The molecule has 7 heteroatoms. The summed E-state index contributed by atoms with van der Waals surface area (Å²) in [5.74, 6) is 3.18. The Bertz CT molecular complexity index is 6420. The van der Waals surface area contributed by atoms with Crippen LogP contribution in [-0.4, -0.2) is 6.71 Å². The van der Waals surface area contributed by atoms with Crippen molar-refractivity contribution in [3.63, 3.8) is 0 Å². The van der Waals surface area contributed by atoms with Crippen LogP contribution >= 0.6 is 0 Å². The molecule has 0 N–H and O–H groups in total. The maximum absolute atomic E-state index is 7.57. The van der Waals surface area contributed by atoms with Gasteiger partial charge in [-0.05, 0) is 203 Å². The minimum atomic E-state index is -0.822. The minimum Gasteiger partial charge on any atom is -0.457 e. The van der Waals surface area contributed by atoms with Gasteiger partial charge in [0.1, 0.15) is 23.0 Å². The predicted octanol–water partition coefficient (Wildman–Crippen LogP) is 30.8. The molecule has 0 fully saturated rings. The Hall–Kier alpha value is -14.4. The standard InChI is InChI=1S/C119H101BN4O2/c1-115(2,3)84-52-60-88(61-53-84)121(89-62-54-85(55-63-89)116(4,5)6)92-68-71-102-104(76-92)123(113-94(78-33-17-13-18-34-78)41-31-42-95(113)79-35-19-14-20-36-79)106-73-83(82-51-70-101-111(75-82)126-110-50-30-27-47-100(110)119(101)98-45-25-28-48-108(98)125-109-49-29-26-46-99(109)119)74-107-112(106)120(102)103-72-69-93(122(90-64-56-86(57-65-90)117(7,8)9)91-66-58-87(59-67-91)118(10,11)12)77-105(103)124(107)114-96(80-37-21-15-22-38-80)43-32-44-97(114)81-39-23-16-24-40-81/h13-77H,1-12H3. The van der Waals surface area contributed by atoms with Crippen molar-refractivity contribution in [1.82, 2.24) is 0 Å². The molecule has 0 unspecified atom stereocenters. The Morgan fingerprint density at radius 2 is 0.516 bits per heavy atom. The molecule has 0 bridgehead atoms. The van der Waals surface area contributed by atoms with Crippen LogP contribution in [0.1, 0.15) is 128 Å². The fraction of sp³-hybridized carbons (Fsp3) is 0.143. The van der Waals surface area contributed by atoms with Crippen molar-refractivity contribution in [3.05, 3.63) is 439 Å². The zero-order chi connectivity index (χ0) is 86.1. The summed E-state index contributed by atoms with van der Waals surface area (Å²) in [6.07, 6.45) is 0. The van der Waals surface area contributed by atoms with E-state index in [1.165, 1.54) is 27.7 Å². The molecular formula is C119H101BN4O2. The second kappa shape index (κ2) is 30.5. The molecule has 0 atom stereocenters. The van der Waals surface area contributed by atoms with Crippen LogP contribution in [0.4, 0.5) is 68.2 Å². The molecule has 17 aromatic carbocycles. The van der Waals surface area contributed by atoms with Crippen LogP contribution in [-0.2, 0) is 27.1 Å². The Kier molecular flexibility index (Phi) is 19.1. The van der Waals surface area contributed by atoms with Gasteiger partial charge in [-0.3, -0.25) is 0 Å². The molecule has 612 valence electrons. The molecule has 6 nitrogen and oxygen atoms in total. The highest BCUT2D eigenvalue weighted by Crippen LogP contribution is 2.63. The largest absolute Gasteiger partial charge is 0.457 e. The number of hydrogen-bond acceptors (Lipinski definition) is 6. The van der Waals surface area contributed by atoms with Gasteiger partial charge >= 0.3 is 0 Å². The van der Waals surface area contributed by atoms with E-state index in [0.717, 1.165) is 180 Å². The van der Waals surface area contributed by atoms with Gasteiger partial charge in [0.15, 0.2) is 0 Å². The van der Waals surface area contributed by atoms with E-state index in [1.807, 2.05) is 0 Å². The molecule has 4 heterocycles. The highest BCUT2D eigenvalue weighted by Gasteiger charge is 2.52. The summed E-state index contributed by atoms with van der Waals surface area (Å²) >= 11 is 0. The van der Waals surface area contributed by atoms with Crippen LogP contribution in [0.25, 0.3) is 55.6 Å². The topological polar surface area (TPSA) is 31.4 Å². The third-order valence-corrected chi connectivity index (χ3v) is 26.4. The van der Waals surface area contributed by atoms with Crippen LogP contribution in [0, 0.1) is 0 Å². The van der Waals surface area contributed by atoms with Crippen molar-refractivity contribution in [2.45, 2.75) is 110 Å². The predicted molar refractivity (Wildman–Crippen MR) is 530 cm³/mol. The highest BCUT2D eigenvalue weighted by atomic mass is 16.5. The molecule has 0 amide bonds. The third kappa shape index (κ3) is 13.5. The van der Waals surface area contributed by atoms with Gasteiger partial charge < -0.3 is 29.1 Å². The number of benzene rings is 17. The maximum atomic E-state index is 7.57. The summed E-state index contributed by atoms with van der Waals surface area (Å²) < 4.78 is 14.5. The van der Waals surface area contributed by atoms with Gasteiger partial charge in [0, 0.05) is 101 Å². The van der Waals surface area contributed by atoms with Crippen LogP contribution in [0.15, 0.2) is 394 Å². The molecule has 126 heavy (non-hydrogen) atoms. The Morgan fingerprint density at radius 1 is 0.230 bits per heavy atom. The van der Waals surface area contributed by atoms with E-state index >= 15 is 0 Å². The lowest BCUT2D eigenvalue weighted by atomic mass is 9.33. The number of para-hydroxylation sites is 5. The molecular weight excluding hydrogens is 1530 g/mol. The van der Waals surface area contributed by atoms with E-state index in [9.17, 15) is 0 Å². The average Bonchev–Trinajstić information content (AvgIpc) is 0.690. The molecule has 4 aliphatic rings. The Morgan fingerprint density at radius 3 is 0.833 bits per heavy atom. The summed E-state index contributed by atoms with van der Waals surface area (Å²) in [6.45, 7) is 27.2. The van der Waals surface area contributed by atoms with Gasteiger partial charge in [-0.25, -0.2) is 0 Å². The van der Waals surface area contributed by atoms with Crippen LogP contribution < -0.4 is 45.5 Å². The zero-order valence-corrected chi connectivity index (χ0v) is 73.7. The highest BCUT2D eigenvalue weighted by molar-refractivity contribution is 7.00. The third-order valence-electron chi connectivity index (χ3n) is 26.4. The first-order chi connectivity index (χ1) is 61.0. The van der Waals surface area contributed by atoms with E-state index in [0.29, 0.717) is 0 Å². The SMILES string of the molecule is CC(C)(C)c1ccc(N(c2ccc(C(C)(C)C)cc2)c2ccc3c(c2)N(c2c(-c4ccccc4)cccc2-c2ccccc2)c2cc(-c4ccc5c(c4)Oc4ccccc4C54c5ccccc5Oc5ccccc54)cc4c2B3c2ccc(N(c3ccc(C(C)(C)C)cc3)c3ccc(C(C)(C)C)cc3)cc2N4c2c(-c3ccccc3)cccc2-c2ccccc2)cc1. The van der Waals surface area contributed by atoms with Crippen LogP contribution in [0.5, 0.6) is 23.0 Å². The normalized spacial score (nSPS) is 13.4. The lowest BCUT2D eigenvalue weighted by molar-refractivity contribution is 0.399. The van der Waals surface area contributed by atoms with E-state index in [-0.39, 0.29) is 28.4 Å². The Balaban J connectivity index is 0.920. The van der Waals surface area contributed by atoms with Gasteiger partial charge in [0.25, 0.3) is 6.71 Å². The van der Waals surface area contributed by atoms with Gasteiger partial charge in [-0.15, -0.1) is 0 Å². The quantitative estimate of drug-likeness (QED) is 0.107. The number of nitrogens with zero attached hydrogens (tertiary/aromatic N) is 4. The minimum absolute atomic E-state index is 0.0756. The summed E-state index contributed by atoms with van der Waals surface area (Å²) in [5, 5.41) is 0. The number of anilines is 12. The lowest BCUT2D eigenvalue weighted by Crippen LogP contribution is -2.61. The van der Waals surface area contributed by atoms with E-state index in [4.69, 9.17) is 9.47 Å². The maximum Gasteiger partial charge on any atom is 0.252 e. The molecule has 0 saturated heterocycles. The van der Waals surface area contributed by atoms with Crippen molar-refractivity contribution in [2.24, 2.45) is 0 Å². The number of fused-ring (bicyclic) bond motifs is 12. The second-order valence-corrected chi connectivity index (χ2v) is 38.4. The summed E-state index contributed by atoms with van der Waals surface area (Å²) in [4.78, 5) is 10.3. The first-order valence-corrected chi connectivity index (χ1v) is 44.4. The monoisotopic (exact) mass is 1630 g/mol. The number of ether oxygens (including phenoxy) is 2. The van der Waals surface area contributed by atoms with E-state index in [1.54, 1.807) is 0 Å². The van der Waals surface area contributed by atoms with Crippen molar-refractivity contribution in [1.29, 1.82) is 0 Å². The van der Waals surface area contributed by atoms with Gasteiger partial charge in [-0.2, -0.15) is 0 Å². The van der Waals surface area contributed by atoms with Gasteiger partial charge in [0.2, 0.25) is 0 Å². The van der Waals surface area contributed by atoms with Crippen molar-refractivity contribution in [3.8, 4) is 78.6 Å². The van der Waals surface area contributed by atoms with E-state index in [2.05, 4.69) is 497 Å². The average molecular weight is 1630 g/mol. The molecule has 1 spiro atoms. The summed E-state index contributed by atoms with van der Waals surface area (Å²) in [5.41, 5.74) is 34.9. The van der Waals surface area contributed by atoms with Crippen molar-refractivity contribution >= 4 is 91.3 Å². The van der Waals surface area contributed by atoms with Crippen molar-refractivity contribution in [2.75, 3.05) is 19.6 Å². The zero-order valence-electron chi connectivity index (χ0n) is 73.7. The van der Waals surface area contributed by atoms with Crippen LogP contribution in [0.3, 0.4) is 0 Å². The molecule has 0 saturated carbocycles. The smallest absolute Gasteiger partial charge is 0.252 e. The number of hydrogen-bond donors (Lipinski definition) is 0. The number of rotatable bonds is 13. The summed E-state index contributed by atoms with van der Waals surface area (Å²) in [6, 6.07) is 148. The molecule has 17 aromatic rings. The lowest BCUT2D eigenvalue weighted by Gasteiger charge is -2.46.